The van der Waals surface area contributed by atoms with Crippen LogP contribution in [0.5, 0.6) is 0 Å². The first kappa shape index (κ1) is 22.5. The van der Waals surface area contributed by atoms with Gasteiger partial charge in [-0.3, -0.25) is 0 Å². The van der Waals surface area contributed by atoms with Gasteiger partial charge >= 0.3 is 12.1 Å². The van der Waals surface area contributed by atoms with Crippen LogP contribution in [0.25, 0.3) is 0 Å². The Hall–Kier alpha value is -2.83. The second-order valence-corrected chi connectivity index (χ2v) is 8.61. The van der Waals surface area contributed by atoms with E-state index in [9.17, 15) is 14.7 Å². The minimum absolute atomic E-state index is 0.00400. The number of carboxylic acids is 1. The smallest absolute Gasteiger partial charge is 0.408 e. The van der Waals surface area contributed by atoms with Crippen LogP contribution >= 0.6 is 0 Å². The maximum Gasteiger partial charge on any atom is 0.408 e. The molecule has 0 saturated carbocycles. The van der Waals surface area contributed by atoms with Gasteiger partial charge in [-0.05, 0) is 45.6 Å². The van der Waals surface area contributed by atoms with E-state index in [0.717, 1.165) is 5.56 Å². The summed E-state index contributed by atoms with van der Waals surface area (Å²) in [4.78, 5) is 28.5. The predicted molar refractivity (Wildman–Crippen MR) is 111 cm³/mol. The van der Waals surface area contributed by atoms with Gasteiger partial charge in [-0.1, -0.05) is 44.2 Å². The SMILES string of the molecule is Cc1c(C(=O)O)nc([C@@H](CC(C)C)NC(=O)OC(C)(C)C)n1Cc1ccccc1. The summed E-state index contributed by atoms with van der Waals surface area (Å²) < 4.78 is 7.27. The number of aromatic nitrogens is 2. The molecule has 0 bridgehead atoms. The van der Waals surface area contributed by atoms with Crippen LogP contribution in [0.3, 0.4) is 0 Å². The molecule has 7 nitrogen and oxygen atoms in total. The number of alkyl carbamates (subject to hydrolysis) is 1. The molecule has 7 heteroatoms. The van der Waals surface area contributed by atoms with Crippen LogP contribution < -0.4 is 5.32 Å². The van der Waals surface area contributed by atoms with Crippen molar-refractivity contribution in [2.24, 2.45) is 5.92 Å². The lowest BCUT2D eigenvalue weighted by Gasteiger charge is -2.25. The minimum Gasteiger partial charge on any atom is -0.476 e. The number of rotatable bonds is 7. The molecule has 0 aliphatic rings. The molecule has 1 aromatic heterocycles. The van der Waals surface area contributed by atoms with Crippen LogP contribution in [-0.4, -0.2) is 32.3 Å². The van der Waals surface area contributed by atoms with Gasteiger partial charge in [0.2, 0.25) is 0 Å². The maximum absolute atomic E-state index is 12.4. The Morgan fingerprint density at radius 1 is 1.21 bits per heavy atom. The average molecular weight is 402 g/mol. The molecule has 29 heavy (non-hydrogen) atoms. The third-order valence-electron chi connectivity index (χ3n) is 4.35. The van der Waals surface area contributed by atoms with E-state index < -0.39 is 23.7 Å². The normalized spacial score (nSPS) is 12.7. The van der Waals surface area contributed by atoms with Gasteiger partial charge in [0.05, 0.1) is 6.04 Å². The van der Waals surface area contributed by atoms with Crippen molar-refractivity contribution < 1.29 is 19.4 Å². The standard InChI is InChI=1S/C22H31N3O4/c1-14(2)12-17(23-21(28)29-22(4,5)6)19-24-18(20(26)27)15(3)25(19)13-16-10-8-7-9-11-16/h7-11,14,17H,12-13H2,1-6H3,(H,23,28)(H,26,27)/t17-/m1/s1. The lowest BCUT2D eigenvalue weighted by Crippen LogP contribution is -2.36. The Morgan fingerprint density at radius 3 is 2.34 bits per heavy atom. The van der Waals surface area contributed by atoms with Gasteiger partial charge in [0.1, 0.15) is 11.4 Å². The number of nitrogens with zero attached hydrogens (tertiary/aromatic N) is 2. The summed E-state index contributed by atoms with van der Waals surface area (Å²) in [5.74, 6) is -0.315. The first-order valence-electron chi connectivity index (χ1n) is 9.81. The van der Waals surface area contributed by atoms with E-state index in [0.29, 0.717) is 24.5 Å². The third-order valence-corrected chi connectivity index (χ3v) is 4.35. The summed E-state index contributed by atoms with van der Waals surface area (Å²) in [6, 6.07) is 9.28. The predicted octanol–water partition coefficient (Wildman–Crippen LogP) is 4.55. The molecule has 1 atom stereocenters. The zero-order valence-electron chi connectivity index (χ0n) is 18.0. The van der Waals surface area contributed by atoms with Crippen molar-refractivity contribution in [3.05, 3.63) is 53.1 Å². The number of amides is 1. The highest BCUT2D eigenvalue weighted by Gasteiger charge is 2.28. The number of ether oxygens (including phenoxy) is 1. The van der Waals surface area contributed by atoms with Crippen molar-refractivity contribution in [2.75, 3.05) is 0 Å². The lowest BCUT2D eigenvalue weighted by atomic mass is 10.0. The second-order valence-electron chi connectivity index (χ2n) is 8.61. The van der Waals surface area contributed by atoms with Crippen LogP contribution in [-0.2, 0) is 11.3 Å². The Bertz CT molecular complexity index is 851. The summed E-state index contributed by atoms with van der Waals surface area (Å²) in [6.45, 7) is 11.7. The molecule has 2 rings (SSSR count). The van der Waals surface area contributed by atoms with Crippen molar-refractivity contribution >= 4 is 12.1 Å². The van der Waals surface area contributed by atoms with E-state index in [1.54, 1.807) is 27.7 Å². The largest absolute Gasteiger partial charge is 0.476 e. The molecule has 2 N–H and O–H groups in total. The van der Waals surface area contributed by atoms with Crippen molar-refractivity contribution in [2.45, 2.75) is 66.2 Å². The van der Waals surface area contributed by atoms with Crippen LogP contribution in [0.1, 0.15) is 74.7 Å². The summed E-state index contributed by atoms with van der Waals surface area (Å²) in [5.41, 5.74) is 0.937. The fourth-order valence-electron chi connectivity index (χ4n) is 3.14. The van der Waals surface area contributed by atoms with Gasteiger partial charge in [0, 0.05) is 12.2 Å². The van der Waals surface area contributed by atoms with E-state index in [1.807, 2.05) is 48.7 Å². The van der Waals surface area contributed by atoms with E-state index >= 15 is 0 Å². The van der Waals surface area contributed by atoms with Crippen molar-refractivity contribution in [1.29, 1.82) is 0 Å². The first-order valence-corrected chi connectivity index (χ1v) is 9.81. The summed E-state index contributed by atoms with van der Waals surface area (Å²) in [7, 11) is 0. The number of carbonyl (C=O) groups is 2. The molecule has 0 aliphatic heterocycles. The quantitative estimate of drug-likeness (QED) is 0.710. The molecule has 1 aromatic carbocycles. The van der Waals surface area contributed by atoms with Gasteiger partial charge < -0.3 is 19.7 Å². The van der Waals surface area contributed by atoms with Gasteiger partial charge in [-0.2, -0.15) is 0 Å². The van der Waals surface area contributed by atoms with Crippen molar-refractivity contribution in [3.8, 4) is 0 Å². The minimum atomic E-state index is -1.09. The molecule has 0 fully saturated rings. The second kappa shape index (κ2) is 9.11. The van der Waals surface area contributed by atoms with E-state index in [-0.39, 0.29) is 11.6 Å². The van der Waals surface area contributed by atoms with Gasteiger partial charge in [0.15, 0.2) is 5.69 Å². The van der Waals surface area contributed by atoms with Gasteiger partial charge in [0.25, 0.3) is 0 Å². The Morgan fingerprint density at radius 2 is 1.83 bits per heavy atom. The van der Waals surface area contributed by atoms with Gasteiger partial charge in [-0.25, -0.2) is 14.6 Å². The molecule has 0 aliphatic carbocycles. The molecular weight excluding hydrogens is 370 g/mol. The molecule has 0 radical (unpaired) electrons. The first-order chi connectivity index (χ1) is 13.5. The van der Waals surface area contributed by atoms with Crippen molar-refractivity contribution in [1.82, 2.24) is 14.9 Å². The van der Waals surface area contributed by atoms with Crippen LogP contribution in [0.4, 0.5) is 4.79 Å². The highest BCUT2D eigenvalue weighted by atomic mass is 16.6. The molecule has 1 heterocycles. The van der Waals surface area contributed by atoms with E-state index in [4.69, 9.17) is 4.74 Å². The van der Waals surface area contributed by atoms with Crippen molar-refractivity contribution in [3.63, 3.8) is 0 Å². The molecular formula is C22H31N3O4. The maximum atomic E-state index is 12.4. The highest BCUT2D eigenvalue weighted by molar-refractivity contribution is 5.86. The number of aromatic carboxylic acids is 1. The zero-order chi connectivity index (χ0) is 21.8. The Labute approximate surface area is 172 Å². The van der Waals surface area contributed by atoms with E-state index in [1.165, 1.54) is 0 Å². The number of hydrogen-bond acceptors (Lipinski definition) is 4. The molecule has 1 amide bonds. The zero-order valence-corrected chi connectivity index (χ0v) is 18.0. The monoisotopic (exact) mass is 401 g/mol. The number of hydrogen-bond donors (Lipinski definition) is 2. The lowest BCUT2D eigenvalue weighted by molar-refractivity contribution is 0.0494. The molecule has 0 saturated heterocycles. The topological polar surface area (TPSA) is 93.4 Å². The number of benzene rings is 1. The molecule has 0 unspecified atom stereocenters. The van der Waals surface area contributed by atoms with E-state index in [2.05, 4.69) is 10.3 Å². The van der Waals surface area contributed by atoms with Crippen LogP contribution in [0.15, 0.2) is 30.3 Å². The number of carbonyl (C=O) groups excluding carboxylic acids is 1. The third kappa shape index (κ3) is 6.34. The van der Waals surface area contributed by atoms with Gasteiger partial charge in [-0.15, -0.1) is 0 Å². The molecule has 2 aromatic rings. The molecule has 0 spiro atoms. The molecule has 158 valence electrons. The fourth-order valence-corrected chi connectivity index (χ4v) is 3.14. The Balaban J connectivity index is 2.46. The number of imidazole rings is 1. The van der Waals surface area contributed by atoms with Crippen LogP contribution in [0, 0.1) is 12.8 Å². The highest BCUT2D eigenvalue weighted by Crippen LogP contribution is 2.25. The Kier molecular flexibility index (Phi) is 7.06. The number of nitrogens with one attached hydrogen (secondary N) is 1. The number of carboxylic acid groups (broad SMARTS) is 1. The summed E-state index contributed by atoms with van der Waals surface area (Å²) >= 11 is 0. The fraction of sp³-hybridized carbons (Fsp3) is 0.500. The van der Waals surface area contributed by atoms with Crippen LogP contribution in [0.2, 0.25) is 0 Å². The summed E-state index contributed by atoms with van der Waals surface area (Å²) in [5, 5.41) is 12.5. The summed E-state index contributed by atoms with van der Waals surface area (Å²) in [6.07, 6.45) is 0.0516. The average Bonchev–Trinajstić information content (AvgIpc) is 2.90.